The molecule has 0 aliphatic carbocycles. The van der Waals surface area contributed by atoms with Gasteiger partial charge in [-0.3, -0.25) is 13.9 Å². The number of nitrogens with one attached hydrogen (secondary N) is 1. The zero-order chi connectivity index (χ0) is 22.5. The van der Waals surface area contributed by atoms with Crippen LogP contribution >= 0.6 is 11.6 Å². The van der Waals surface area contributed by atoms with Gasteiger partial charge in [-0.05, 0) is 37.1 Å². The maximum atomic E-state index is 13.3. The van der Waals surface area contributed by atoms with Crippen molar-refractivity contribution in [2.75, 3.05) is 24.2 Å². The van der Waals surface area contributed by atoms with Gasteiger partial charge in [0.1, 0.15) is 12.6 Å². The van der Waals surface area contributed by atoms with Gasteiger partial charge in [0, 0.05) is 13.6 Å². The molecule has 0 aliphatic heterocycles. The summed E-state index contributed by atoms with van der Waals surface area (Å²) in [7, 11) is -2.31. The number of anilines is 1. The maximum absolute atomic E-state index is 13.3. The number of benzene rings is 2. The van der Waals surface area contributed by atoms with Gasteiger partial charge in [-0.15, -0.1) is 0 Å². The molecule has 0 aliphatic rings. The lowest BCUT2D eigenvalue weighted by Crippen LogP contribution is -2.50. The van der Waals surface area contributed by atoms with Crippen LogP contribution in [0.25, 0.3) is 0 Å². The molecule has 0 fully saturated rings. The van der Waals surface area contributed by atoms with Gasteiger partial charge in [0.15, 0.2) is 0 Å². The quantitative estimate of drug-likeness (QED) is 0.668. The first-order valence-corrected chi connectivity index (χ1v) is 11.6. The van der Waals surface area contributed by atoms with Crippen LogP contribution in [0.3, 0.4) is 0 Å². The zero-order valence-electron chi connectivity index (χ0n) is 17.4. The average Bonchev–Trinajstić information content (AvgIpc) is 2.70. The molecule has 9 heteroatoms. The van der Waals surface area contributed by atoms with Crippen molar-refractivity contribution in [3.63, 3.8) is 0 Å². The van der Waals surface area contributed by atoms with Crippen LogP contribution in [-0.2, 0) is 26.2 Å². The number of nitrogens with zero attached hydrogens (tertiary/aromatic N) is 2. The van der Waals surface area contributed by atoms with Gasteiger partial charge in [0.25, 0.3) is 0 Å². The summed E-state index contributed by atoms with van der Waals surface area (Å²) in [4.78, 5) is 26.9. The molecule has 2 rings (SSSR count). The van der Waals surface area contributed by atoms with Crippen LogP contribution in [0.1, 0.15) is 18.1 Å². The number of likely N-dealkylation sites (N-methyl/N-ethyl adjacent to an activating group) is 1. The summed E-state index contributed by atoms with van der Waals surface area (Å²) in [5.74, 6) is -0.861. The van der Waals surface area contributed by atoms with Crippen LogP contribution in [0, 0.1) is 6.92 Å². The van der Waals surface area contributed by atoms with E-state index in [1.165, 1.54) is 18.0 Å². The molecule has 0 heterocycles. The first-order chi connectivity index (χ1) is 14.1. The van der Waals surface area contributed by atoms with Crippen LogP contribution in [0.15, 0.2) is 48.5 Å². The molecule has 0 radical (unpaired) electrons. The molecule has 0 bridgehead atoms. The van der Waals surface area contributed by atoms with Gasteiger partial charge < -0.3 is 10.2 Å². The minimum Gasteiger partial charge on any atom is -0.357 e. The summed E-state index contributed by atoms with van der Waals surface area (Å²) in [6, 6.07) is 13.1. The molecule has 7 nitrogen and oxygen atoms in total. The predicted octanol–water partition coefficient (Wildman–Crippen LogP) is 2.58. The highest BCUT2D eigenvalue weighted by Crippen LogP contribution is 2.27. The number of para-hydroxylation sites is 1. The van der Waals surface area contributed by atoms with Crippen molar-refractivity contribution < 1.29 is 18.0 Å². The number of carbonyl (C=O) groups excluding carboxylic acids is 2. The molecule has 1 N–H and O–H groups in total. The van der Waals surface area contributed by atoms with E-state index in [1.54, 1.807) is 25.1 Å². The number of amides is 2. The van der Waals surface area contributed by atoms with E-state index in [4.69, 9.17) is 11.6 Å². The van der Waals surface area contributed by atoms with Crippen molar-refractivity contribution in [3.8, 4) is 0 Å². The second-order valence-electron chi connectivity index (χ2n) is 6.96. The Labute approximate surface area is 182 Å². The molecule has 162 valence electrons. The van der Waals surface area contributed by atoms with Gasteiger partial charge in [-0.2, -0.15) is 0 Å². The van der Waals surface area contributed by atoms with Gasteiger partial charge >= 0.3 is 0 Å². The van der Waals surface area contributed by atoms with Crippen molar-refractivity contribution in [2.45, 2.75) is 26.4 Å². The SMILES string of the molecule is CNC(=O)[C@@H](C)N(Cc1ccccc1C)C(=O)CN(c1ccccc1Cl)S(C)(=O)=O. The Morgan fingerprint density at radius 3 is 2.27 bits per heavy atom. The average molecular weight is 452 g/mol. The lowest BCUT2D eigenvalue weighted by atomic mass is 10.1. The normalized spacial score (nSPS) is 12.2. The second-order valence-corrected chi connectivity index (χ2v) is 9.27. The van der Waals surface area contributed by atoms with Crippen molar-refractivity contribution in [1.82, 2.24) is 10.2 Å². The molecular formula is C21H26ClN3O4S. The molecule has 2 aromatic carbocycles. The van der Waals surface area contributed by atoms with Gasteiger partial charge in [0.05, 0.1) is 17.0 Å². The van der Waals surface area contributed by atoms with Crippen LogP contribution < -0.4 is 9.62 Å². The number of rotatable bonds is 8. The van der Waals surface area contributed by atoms with E-state index < -0.39 is 28.5 Å². The lowest BCUT2D eigenvalue weighted by molar-refractivity contribution is -0.139. The van der Waals surface area contributed by atoms with Crippen LogP contribution in [0.4, 0.5) is 5.69 Å². The predicted molar refractivity (Wildman–Crippen MR) is 119 cm³/mol. The van der Waals surface area contributed by atoms with Crippen molar-refractivity contribution in [2.24, 2.45) is 0 Å². The first kappa shape index (κ1) is 23.7. The highest BCUT2D eigenvalue weighted by Gasteiger charge is 2.30. The van der Waals surface area contributed by atoms with Gasteiger partial charge in [-0.25, -0.2) is 8.42 Å². The molecule has 1 atom stereocenters. The summed E-state index contributed by atoms with van der Waals surface area (Å²) in [6.07, 6.45) is 1.01. The van der Waals surface area contributed by atoms with E-state index in [0.717, 1.165) is 21.7 Å². The molecular weight excluding hydrogens is 426 g/mol. The third kappa shape index (κ3) is 5.73. The van der Waals surface area contributed by atoms with E-state index >= 15 is 0 Å². The number of hydrogen-bond acceptors (Lipinski definition) is 4. The fourth-order valence-corrected chi connectivity index (χ4v) is 4.16. The summed E-state index contributed by atoms with van der Waals surface area (Å²) in [5.41, 5.74) is 2.04. The van der Waals surface area contributed by atoms with Crippen molar-refractivity contribution in [1.29, 1.82) is 0 Å². The number of carbonyl (C=O) groups is 2. The van der Waals surface area contributed by atoms with Gasteiger partial charge in [-0.1, -0.05) is 48.0 Å². The Morgan fingerprint density at radius 2 is 1.70 bits per heavy atom. The van der Waals surface area contributed by atoms with E-state index in [9.17, 15) is 18.0 Å². The monoisotopic (exact) mass is 451 g/mol. The van der Waals surface area contributed by atoms with Gasteiger partial charge in [0.2, 0.25) is 21.8 Å². The highest BCUT2D eigenvalue weighted by molar-refractivity contribution is 7.92. The molecule has 0 aromatic heterocycles. The molecule has 30 heavy (non-hydrogen) atoms. The van der Waals surface area contributed by atoms with Crippen molar-refractivity contribution in [3.05, 3.63) is 64.7 Å². The largest absolute Gasteiger partial charge is 0.357 e. The Hall–Kier alpha value is -2.58. The van der Waals surface area contributed by atoms with Crippen LogP contribution in [0.2, 0.25) is 5.02 Å². The fourth-order valence-electron chi connectivity index (χ4n) is 3.01. The van der Waals surface area contributed by atoms with Crippen LogP contribution in [0.5, 0.6) is 0 Å². The third-order valence-corrected chi connectivity index (χ3v) is 6.26. The summed E-state index contributed by atoms with van der Waals surface area (Å²) < 4.78 is 25.8. The van der Waals surface area contributed by atoms with E-state index in [-0.39, 0.29) is 23.2 Å². The molecule has 0 saturated heterocycles. The van der Waals surface area contributed by atoms with E-state index in [1.807, 2.05) is 31.2 Å². The first-order valence-electron chi connectivity index (χ1n) is 9.34. The molecule has 2 amide bonds. The second kappa shape index (κ2) is 9.95. The molecule has 2 aromatic rings. The molecule has 0 saturated carbocycles. The standard InChI is InChI=1S/C21H26ClN3O4S/c1-15-9-5-6-10-17(15)13-24(16(2)21(27)23-3)20(26)14-25(30(4,28)29)19-12-8-7-11-18(19)22/h5-12,16H,13-14H2,1-4H3,(H,23,27)/t16-/m1/s1. The van der Waals surface area contributed by atoms with Crippen molar-refractivity contribution >= 4 is 39.1 Å². The Bertz CT molecular complexity index is 1030. The Morgan fingerprint density at radius 1 is 1.10 bits per heavy atom. The lowest BCUT2D eigenvalue weighted by Gasteiger charge is -2.31. The number of aryl methyl sites for hydroxylation is 1. The summed E-state index contributed by atoms with van der Waals surface area (Å²) in [5, 5.41) is 2.75. The Balaban J connectivity index is 2.41. The highest BCUT2D eigenvalue weighted by atomic mass is 35.5. The maximum Gasteiger partial charge on any atom is 0.244 e. The fraction of sp³-hybridized carbons (Fsp3) is 0.333. The summed E-state index contributed by atoms with van der Waals surface area (Å²) in [6.45, 7) is 3.21. The number of sulfonamides is 1. The van der Waals surface area contributed by atoms with E-state index in [0.29, 0.717) is 0 Å². The van der Waals surface area contributed by atoms with E-state index in [2.05, 4.69) is 5.32 Å². The number of halogens is 1. The minimum absolute atomic E-state index is 0.167. The smallest absolute Gasteiger partial charge is 0.244 e. The number of hydrogen-bond donors (Lipinski definition) is 1. The minimum atomic E-state index is -3.80. The zero-order valence-corrected chi connectivity index (χ0v) is 19.0. The molecule has 0 spiro atoms. The topological polar surface area (TPSA) is 86.8 Å². The Kier molecular flexibility index (Phi) is 7.86. The summed E-state index contributed by atoms with van der Waals surface area (Å²) >= 11 is 6.18. The third-order valence-electron chi connectivity index (χ3n) is 4.82. The molecule has 0 unspecified atom stereocenters. The van der Waals surface area contributed by atoms with Crippen LogP contribution in [-0.4, -0.2) is 51.0 Å².